The van der Waals surface area contributed by atoms with E-state index in [1.165, 1.54) is 0 Å². The van der Waals surface area contributed by atoms with Crippen molar-refractivity contribution in [3.8, 4) is 0 Å². The number of likely N-dealkylation sites (tertiary alicyclic amines) is 1. The molecule has 0 spiro atoms. The maximum atomic E-state index is 12.1. The van der Waals surface area contributed by atoms with Gasteiger partial charge in [-0.3, -0.25) is 4.79 Å². The summed E-state index contributed by atoms with van der Waals surface area (Å²) in [5, 5.41) is 0.579. The number of imide groups is 1. The number of β-lactam (4-membered cyclic amide) rings is 1. The minimum absolute atomic E-state index is 0.158. The number of hydrogen-bond acceptors (Lipinski definition) is 3. The third-order valence-electron chi connectivity index (χ3n) is 3.61. The monoisotopic (exact) mass is 315 g/mol. The maximum Gasteiger partial charge on any atom is 0.416 e. The van der Waals surface area contributed by atoms with Gasteiger partial charge in [0.05, 0.1) is 5.92 Å². The molecule has 1 saturated heterocycles. The van der Waals surface area contributed by atoms with Gasteiger partial charge in [0.1, 0.15) is 6.61 Å². The van der Waals surface area contributed by atoms with Crippen LogP contribution in [0.4, 0.5) is 4.79 Å². The Morgan fingerprint density at radius 2 is 1.95 bits per heavy atom. The van der Waals surface area contributed by atoms with Gasteiger partial charge in [-0.05, 0) is 23.3 Å². The molecule has 0 aromatic heterocycles. The predicted molar refractivity (Wildman–Crippen MR) is 82.5 cm³/mol. The largest absolute Gasteiger partial charge is 0.444 e. The molecule has 5 heteroatoms. The van der Waals surface area contributed by atoms with E-state index in [1.807, 2.05) is 36.4 Å². The third-order valence-corrected chi connectivity index (χ3v) is 3.84. The number of halogens is 1. The van der Waals surface area contributed by atoms with Crippen LogP contribution in [0.15, 0.2) is 54.6 Å². The van der Waals surface area contributed by atoms with E-state index < -0.39 is 6.09 Å². The molecule has 2 amide bonds. The van der Waals surface area contributed by atoms with Crippen LogP contribution in [0, 0.1) is 0 Å². The molecule has 0 saturated carbocycles. The number of hydrogen-bond donors (Lipinski definition) is 0. The molecular formula is C17H14ClNO3. The van der Waals surface area contributed by atoms with Crippen molar-refractivity contribution in [1.29, 1.82) is 0 Å². The average molecular weight is 316 g/mol. The van der Waals surface area contributed by atoms with E-state index in [2.05, 4.69) is 0 Å². The van der Waals surface area contributed by atoms with Crippen LogP contribution < -0.4 is 0 Å². The normalized spacial score (nSPS) is 17.0. The van der Waals surface area contributed by atoms with E-state index in [0.717, 1.165) is 16.0 Å². The van der Waals surface area contributed by atoms with E-state index >= 15 is 0 Å². The molecule has 1 atom stereocenters. The van der Waals surface area contributed by atoms with Crippen LogP contribution in [0.3, 0.4) is 0 Å². The number of ether oxygens (including phenoxy) is 1. The second kappa shape index (κ2) is 6.20. The molecule has 1 aliphatic rings. The lowest BCUT2D eigenvalue weighted by molar-refractivity contribution is -0.140. The van der Waals surface area contributed by atoms with Gasteiger partial charge >= 0.3 is 6.09 Å². The lowest BCUT2D eigenvalue weighted by Gasteiger charge is -2.36. The summed E-state index contributed by atoms with van der Waals surface area (Å²) in [5.74, 6) is -0.566. The molecule has 1 fully saturated rings. The minimum atomic E-state index is -0.605. The lowest BCUT2D eigenvalue weighted by Crippen LogP contribution is -2.53. The van der Waals surface area contributed by atoms with Gasteiger partial charge in [-0.15, -0.1) is 0 Å². The first-order valence-corrected chi connectivity index (χ1v) is 7.30. The second-order valence-corrected chi connectivity index (χ2v) is 5.53. The highest BCUT2D eigenvalue weighted by molar-refractivity contribution is 6.30. The van der Waals surface area contributed by atoms with Gasteiger partial charge in [0, 0.05) is 11.6 Å². The Labute approximate surface area is 133 Å². The number of amides is 2. The first-order chi connectivity index (χ1) is 10.6. The molecule has 0 bridgehead atoms. The molecular weight excluding hydrogens is 302 g/mol. The first-order valence-electron chi connectivity index (χ1n) is 6.92. The molecule has 112 valence electrons. The van der Waals surface area contributed by atoms with Crippen LogP contribution in [-0.2, 0) is 16.1 Å². The summed E-state index contributed by atoms with van der Waals surface area (Å²) in [6, 6.07) is 16.5. The summed E-state index contributed by atoms with van der Waals surface area (Å²) in [5.41, 5.74) is 1.71. The number of carbonyl (C=O) groups is 2. The van der Waals surface area contributed by atoms with Crippen molar-refractivity contribution in [2.75, 3.05) is 6.54 Å². The third kappa shape index (κ3) is 2.97. The van der Waals surface area contributed by atoms with Gasteiger partial charge in [0.25, 0.3) is 0 Å². The Morgan fingerprint density at radius 3 is 2.64 bits per heavy atom. The van der Waals surface area contributed by atoms with Crippen molar-refractivity contribution in [2.45, 2.75) is 12.5 Å². The highest BCUT2D eigenvalue weighted by atomic mass is 35.5. The topological polar surface area (TPSA) is 46.6 Å². The molecule has 2 aromatic rings. The Hall–Kier alpha value is -2.33. The molecule has 4 nitrogen and oxygen atoms in total. The van der Waals surface area contributed by atoms with Gasteiger partial charge in [-0.25, -0.2) is 9.69 Å². The summed E-state index contributed by atoms with van der Waals surface area (Å²) in [6.45, 7) is 0.484. The van der Waals surface area contributed by atoms with E-state index in [-0.39, 0.29) is 18.4 Å². The smallest absolute Gasteiger partial charge is 0.416 e. The van der Waals surface area contributed by atoms with E-state index in [0.29, 0.717) is 11.6 Å². The van der Waals surface area contributed by atoms with Crippen LogP contribution in [0.1, 0.15) is 17.0 Å². The Kier molecular flexibility index (Phi) is 4.11. The quantitative estimate of drug-likeness (QED) is 0.813. The van der Waals surface area contributed by atoms with Crippen LogP contribution >= 0.6 is 11.6 Å². The molecule has 3 rings (SSSR count). The van der Waals surface area contributed by atoms with Gasteiger partial charge in [0.2, 0.25) is 5.91 Å². The molecule has 2 aromatic carbocycles. The molecule has 22 heavy (non-hydrogen) atoms. The van der Waals surface area contributed by atoms with Gasteiger partial charge in [0.15, 0.2) is 0 Å². The molecule has 0 radical (unpaired) electrons. The standard InChI is InChI=1S/C17H14ClNO3/c18-14-8-4-7-13(9-14)15-10-19(16(15)20)17(21)22-11-12-5-2-1-3-6-12/h1-9,15H,10-11H2. The van der Waals surface area contributed by atoms with Crippen LogP contribution in [0.25, 0.3) is 0 Å². The molecule has 1 unspecified atom stereocenters. The molecule has 1 heterocycles. The van der Waals surface area contributed by atoms with Crippen molar-refractivity contribution in [1.82, 2.24) is 4.90 Å². The summed E-state index contributed by atoms with van der Waals surface area (Å²) >= 11 is 5.92. The van der Waals surface area contributed by atoms with Crippen molar-refractivity contribution < 1.29 is 14.3 Å². The Bertz CT molecular complexity index is 702. The van der Waals surface area contributed by atoms with Crippen LogP contribution in [0.5, 0.6) is 0 Å². The van der Waals surface area contributed by atoms with Crippen LogP contribution in [-0.4, -0.2) is 23.4 Å². The second-order valence-electron chi connectivity index (χ2n) is 5.10. The number of benzene rings is 2. The van der Waals surface area contributed by atoms with Crippen molar-refractivity contribution in [2.24, 2.45) is 0 Å². The molecule has 1 aliphatic heterocycles. The molecule has 0 aliphatic carbocycles. The lowest BCUT2D eigenvalue weighted by atomic mass is 9.91. The van der Waals surface area contributed by atoms with Crippen LogP contribution in [0.2, 0.25) is 5.02 Å². The zero-order valence-electron chi connectivity index (χ0n) is 11.7. The summed E-state index contributed by atoms with van der Waals surface area (Å²) in [4.78, 5) is 25.1. The highest BCUT2D eigenvalue weighted by Gasteiger charge is 2.42. The number of carbonyl (C=O) groups excluding carboxylic acids is 2. The fourth-order valence-electron chi connectivity index (χ4n) is 2.36. The SMILES string of the molecule is O=C(OCc1ccccc1)N1CC(c2cccc(Cl)c2)C1=O. The summed E-state index contributed by atoms with van der Waals surface area (Å²) in [7, 11) is 0. The van der Waals surface area contributed by atoms with Gasteiger partial charge in [-0.2, -0.15) is 0 Å². The average Bonchev–Trinajstić information content (AvgIpc) is 2.52. The van der Waals surface area contributed by atoms with E-state index in [1.54, 1.807) is 18.2 Å². The Balaban J connectivity index is 1.57. The van der Waals surface area contributed by atoms with Crippen molar-refractivity contribution in [3.05, 3.63) is 70.7 Å². The zero-order valence-corrected chi connectivity index (χ0v) is 12.5. The Morgan fingerprint density at radius 1 is 1.18 bits per heavy atom. The fourth-order valence-corrected chi connectivity index (χ4v) is 2.56. The van der Waals surface area contributed by atoms with Crippen molar-refractivity contribution >= 4 is 23.6 Å². The minimum Gasteiger partial charge on any atom is -0.444 e. The summed E-state index contributed by atoms with van der Waals surface area (Å²) in [6.07, 6.45) is -0.605. The zero-order chi connectivity index (χ0) is 15.5. The number of rotatable bonds is 3. The molecule has 0 N–H and O–H groups in total. The summed E-state index contributed by atoms with van der Waals surface area (Å²) < 4.78 is 5.15. The fraction of sp³-hybridized carbons (Fsp3) is 0.176. The van der Waals surface area contributed by atoms with E-state index in [9.17, 15) is 9.59 Å². The van der Waals surface area contributed by atoms with E-state index in [4.69, 9.17) is 16.3 Å². The maximum absolute atomic E-state index is 12.1. The predicted octanol–water partition coefficient (Wildman–Crippen LogP) is 3.60. The highest BCUT2D eigenvalue weighted by Crippen LogP contribution is 2.30. The number of nitrogens with zero attached hydrogens (tertiary/aromatic N) is 1. The van der Waals surface area contributed by atoms with Gasteiger partial charge in [-0.1, -0.05) is 54.1 Å². The van der Waals surface area contributed by atoms with Gasteiger partial charge < -0.3 is 4.74 Å². The van der Waals surface area contributed by atoms with Crippen molar-refractivity contribution in [3.63, 3.8) is 0 Å². The first kappa shape index (κ1) is 14.6.